The van der Waals surface area contributed by atoms with Crippen LogP contribution in [-0.2, 0) is 0 Å². The average Bonchev–Trinajstić information content (AvgIpc) is 2.45. The van der Waals surface area contributed by atoms with E-state index in [0.717, 1.165) is 22.6 Å². The molecule has 2 heteroatoms. The monoisotopic (exact) mass is 240 g/mol. The van der Waals surface area contributed by atoms with Gasteiger partial charge in [0.25, 0.3) is 0 Å². The molecule has 0 spiro atoms. The fourth-order valence-corrected chi connectivity index (χ4v) is 1.68. The SMILES string of the molecule is COc1cccc(/C=C\c2cccc(OC)c2)c1. The lowest BCUT2D eigenvalue weighted by atomic mass is 10.1. The summed E-state index contributed by atoms with van der Waals surface area (Å²) in [5.74, 6) is 1.73. The van der Waals surface area contributed by atoms with E-state index in [1.807, 2.05) is 48.5 Å². The molecule has 2 aromatic carbocycles. The lowest BCUT2D eigenvalue weighted by molar-refractivity contribution is 0.414. The molecule has 0 amide bonds. The van der Waals surface area contributed by atoms with Crippen molar-refractivity contribution in [2.24, 2.45) is 0 Å². The Bertz CT molecular complexity index is 495. The summed E-state index contributed by atoms with van der Waals surface area (Å²) in [6, 6.07) is 15.9. The van der Waals surface area contributed by atoms with Crippen LogP contribution in [0.25, 0.3) is 12.2 Å². The van der Waals surface area contributed by atoms with Gasteiger partial charge in [0, 0.05) is 0 Å². The van der Waals surface area contributed by atoms with Crippen LogP contribution in [-0.4, -0.2) is 14.2 Å². The Hall–Kier alpha value is -2.22. The van der Waals surface area contributed by atoms with Gasteiger partial charge in [0.1, 0.15) is 11.5 Å². The van der Waals surface area contributed by atoms with Gasteiger partial charge < -0.3 is 9.47 Å². The lowest BCUT2D eigenvalue weighted by Gasteiger charge is -2.01. The summed E-state index contributed by atoms with van der Waals surface area (Å²) >= 11 is 0. The van der Waals surface area contributed by atoms with Crippen LogP contribution in [0, 0.1) is 0 Å². The second kappa shape index (κ2) is 5.92. The van der Waals surface area contributed by atoms with Gasteiger partial charge in [-0.05, 0) is 35.4 Å². The normalized spacial score (nSPS) is 10.6. The molecule has 0 fully saturated rings. The highest BCUT2D eigenvalue weighted by Gasteiger charge is 1.93. The zero-order valence-corrected chi connectivity index (χ0v) is 10.6. The first-order chi connectivity index (χ1) is 8.81. The molecule has 0 unspecified atom stereocenters. The molecule has 0 saturated heterocycles. The van der Waals surface area contributed by atoms with Crippen molar-refractivity contribution in [3.05, 3.63) is 59.7 Å². The first kappa shape index (κ1) is 12.2. The molecule has 0 aromatic heterocycles. The Morgan fingerprint density at radius 1 is 0.722 bits per heavy atom. The molecule has 0 heterocycles. The predicted molar refractivity (Wildman–Crippen MR) is 74.9 cm³/mol. The van der Waals surface area contributed by atoms with Crippen LogP contribution in [0.2, 0.25) is 0 Å². The van der Waals surface area contributed by atoms with Gasteiger partial charge in [-0.3, -0.25) is 0 Å². The van der Waals surface area contributed by atoms with Gasteiger partial charge in [-0.15, -0.1) is 0 Å². The van der Waals surface area contributed by atoms with Crippen LogP contribution in [0.5, 0.6) is 11.5 Å². The molecule has 0 saturated carbocycles. The number of hydrogen-bond donors (Lipinski definition) is 0. The molecule has 2 nitrogen and oxygen atoms in total. The minimum Gasteiger partial charge on any atom is -0.497 e. The second-order valence-corrected chi connectivity index (χ2v) is 3.89. The van der Waals surface area contributed by atoms with E-state index < -0.39 is 0 Å². The average molecular weight is 240 g/mol. The largest absolute Gasteiger partial charge is 0.497 e. The number of hydrogen-bond acceptors (Lipinski definition) is 2. The minimum atomic E-state index is 0.864. The van der Waals surface area contributed by atoms with E-state index in [2.05, 4.69) is 12.2 Å². The van der Waals surface area contributed by atoms with Crippen LogP contribution < -0.4 is 9.47 Å². The summed E-state index contributed by atoms with van der Waals surface area (Å²) in [4.78, 5) is 0. The third-order valence-corrected chi connectivity index (χ3v) is 2.66. The molecule has 2 rings (SSSR count). The zero-order valence-electron chi connectivity index (χ0n) is 10.6. The van der Waals surface area contributed by atoms with E-state index in [1.165, 1.54) is 0 Å². The van der Waals surface area contributed by atoms with Crippen LogP contribution >= 0.6 is 0 Å². The maximum absolute atomic E-state index is 5.19. The van der Waals surface area contributed by atoms with E-state index in [0.29, 0.717) is 0 Å². The Morgan fingerprint density at radius 3 is 1.56 bits per heavy atom. The highest BCUT2D eigenvalue weighted by Crippen LogP contribution is 2.17. The number of ether oxygens (including phenoxy) is 2. The van der Waals surface area contributed by atoms with Crippen LogP contribution in [0.15, 0.2) is 48.5 Å². The molecule has 18 heavy (non-hydrogen) atoms. The van der Waals surface area contributed by atoms with Gasteiger partial charge in [-0.25, -0.2) is 0 Å². The molecule has 2 aromatic rings. The fourth-order valence-electron chi connectivity index (χ4n) is 1.68. The summed E-state index contributed by atoms with van der Waals surface area (Å²) in [6.07, 6.45) is 4.11. The van der Waals surface area contributed by atoms with E-state index in [4.69, 9.17) is 9.47 Å². The Morgan fingerprint density at radius 2 is 1.17 bits per heavy atom. The molecule has 0 radical (unpaired) electrons. The predicted octanol–water partition coefficient (Wildman–Crippen LogP) is 3.87. The summed E-state index contributed by atoms with van der Waals surface area (Å²) in [7, 11) is 3.34. The standard InChI is InChI=1S/C16H16O2/c1-17-15-7-3-5-13(11-15)9-10-14-6-4-8-16(12-14)18-2/h3-12H,1-2H3/b10-9-. The van der Waals surface area contributed by atoms with Crippen molar-refractivity contribution in [3.63, 3.8) is 0 Å². The van der Waals surface area contributed by atoms with Gasteiger partial charge in [-0.2, -0.15) is 0 Å². The van der Waals surface area contributed by atoms with Crippen LogP contribution in [0.1, 0.15) is 11.1 Å². The minimum absolute atomic E-state index is 0.864. The van der Waals surface area contributed by atoms with Gasteiger partial charge in [0.15, 0.2) is 0 Å². The second-order valence-electron chi connectivity index (χ2n) is 3.89. The number of methoxy groups -OCH3 is 2. The highest BCUT2D eigenvalue weighted by atomic mass is 16.5. The van der Waals surface area contributed by atoms with Crippen LogP contribution in [0.3, 0.4) is 0 Å². The molecule has 0 aliphatic heterocycles. The van der Waals surface area contributed by atoms with Gasteiger partial charge in [0.05, 0.1) is 14.2 Å². The van der Waals surface area contributed by atoms with Gasteiger partial charge in [-0.1, -0.05) is 36.4 Å². The summed E-state index contributed by atoms with van der Waals surface area (Å²) < 4.78 is 10.4. The summed E-state index contributed by atoms with van der Waals surface area (Å²) in [5.41, 5.74) is 2.22. The topological polar surface area (TPSA) is 18.5 Å². The van der Waals surface area contributed by atoms with Crippen molar-refractivity contribution in [2.75, 3.05) is 14.2 Å². The highest BCUT2D eigenvalue weighted by molar-refractivity contribution is 5.70. The van der Waals surface area contributed by atoms with Crippen LogP contribution in [0.4, 0.5) is 0 Å². The van der Waals surface area contributed by atoms with E-state index >= 15 is 0 Å². The first-order valence-electron chi connectivity index (χ1n) is 5.78. The lowest BCUT2D eigenvalue weighted by Crippen LogP contribution is -1.83. The number of benzene rings is 2. The van der Waals surface area contributed by atoms with Crippen molar-refractivity contribution in [1.29, 1.82) is 0 Å². The van der Waals surface area contributed by atoms with Crippen molar-refractivity contribution >= 4 is 12.2 Å². The Balaban J connectivity index is 2.18. The molecule has 0 atom stereocenters. The third-order valence-electron chi connectivity index (χ3n) is 2.66. The molecular weight excluding hydrogens is 224 g/mol. The first-order valence-corrected chi connectivity index (χ1v) is 5.78. The molecule has 0 N–H and O–H groups in total. The van der Waals surface area contributed by atoms with E-state index in [-0.39, 0.29) is 0 Å². The van der Waals surface area contributed by atoms with Crippen molar-refractivity contribution < 1.29 is 9.47 Å². The summed E-state index contributed by atoms with van der Waals surface area (Å²) in [5, 5.41) is 0. The molecular formula is C16H16O2. The smallest absolute Gasteiger partial charge is 0.119 e. The van der Waals surface area contributed by atoms with Crippen molar-refractivity contribution in [3.8, 4) is 11.5 Å². The molecule has 92 valence electrons. The van der Waals surface area contributed by atoms with Gasteiger partial charge in [0.2, 0.25) is 0 Å². The maximum Gasteiger partial charge on any atom is 0.119 e. The molecule has 0 aliphatic rings. The quantitative estimate of drug-likeness (QED) is 0.755. The molecule has 0 aliphatic carbocycles. The number of rotatable bonds is 4. The maximum atomic E-state index is 5.19. The van der Waals surface area contributed by atoms with E-state index in [1.54, 1.807) is 14.2 Å². The van der Waals surface area contributed by atoms with Crippen molar-refractivity contribution in [1.82, 2.24) is 0 Å². The third kappa shape index (κ3) is 3.14. The molecule has 0 bridgehead atoms. The Kier molecular flexibility index (Phi) is 4.02. The Labute approximate surface area is 107 Å². The zero-order chi connectivity index (χ0) is 12.8. The fraction of sp³-hybridized carbons (Fsp3) is 0.125. The van der Waals surface area contributed by atoms with E-state index in [9.17, 15) is 0 Å². The summed E-state index contributed by atoms with van der Waals surface area (Å²) in [6.45, 7) is 0. The van der Waals surface area contributed by atoms with Crippen molar-refractivity contribution in [2.45, 2.75) is 0 Å². The van der Waals surface area contributed by atoms with Gasteiger partial charge >= 0.3 is 0 Å².